The summed E-state index contributed by atoms with van der Waals surface area (Å²) in [7, 11) is -3.49. The van der Waals surface area contributed by atoms with Gasteiger partial charge in [0.2, 0.25) is 0 Å². The molecule has 3 rings (SSSR count). The molecule has 1 aliphatic heterocycles. The van der Waals surface area contributed by atoms with Crippen LogP contribution in [0.25, 0.3) is 0 Å². The molecular formula is C15H18N4O4S. The zero-order valence-corrected chi connectivity index (χ0v) is 14.0. The van der Waals surface area contributed by atoms with Crippen LogP contribution in [0.1, 0.15) is 12.8 Å². The summed E-state index contributed by atoms with van der Waals surface area (Å²) in [5, 5.41) is 11.5. The number of benzene rings is 1. The standard InChI is InChI=1S/C15H18N4O4S/c1-24(22,23)13-4-5-14(15(9-13)19(20)21)18-7-2-3-12(18)10-17-8-6-16-11-17/h4-6,8-9,11-12H,2-3,7,10H2,1H3. The van der Waals surface area contributed by atoms with Crippen LogP contribution in [0.4, 0.5) is 11.4 Å². The lowest BCUT2D eigenvalue weighted by Crippen LogP contribution is -2.33. The van der Waals surface area contributed by atoms with Gasteiger partial charge in [-0.05, 0) is 25.0 Å². The first-order valence-corrected chi connectivity index (χ1v) is 9.46. The van der Waals surface area contributed by atoms with E-state index in [1.807, 2.05) is 15.7 Å². The Morgan fingerprint density at radius 2 is 2.21 bits per heavy atom. The summed E-state index contributed by atoms with van der Waals surface area (Å²) >= 11 is 0. The van der Waals surface area contributed by atoms with E-state index in [1.54, 1.807) is 18.6 Å². The van der Waals surface area contributed by atoms with Gasteiger partial charge in [-0.1, -0.05) is 0 Å². The third-order valence-corrected chi connectivity index (χ3v) is 5.35. The average Bonchev–Trinajstić information content (AvgIpc) is 3.18. The third-order valence-electron chi connectivity index (χ3n) is 4.24. The Bertz CT molecular complexity index is 848. The van der Waals surface area contributed by atoms with Crippen molar-refractivity contribution in [3.8, 4) is 0 Å². The lowest BCUT2D eigenvalue weighted by Gasteiger charge is -2.27. The largest absolute Gasteiger partial charge is 0.361 e. The summed E-state index contributed by atoms with van der Waals surface area (Å²) in [6.07, 6.45) is 8.18. The van der Waals surface area contributed by atoms with E-state index in [2.05, 4.69) is 4.98 Å². The minimum absolute atomic E-state index is 0.0386. The molecule has 8 nitrogen and oxygen atoms in total. The molecule has 1 saturated heterocycles. The van der Waals surface area contributed by atoms with Crippen molar-refractivity contribution in [2.45, 2.75) is 30.3 Å². The minimum atomic E-state index is -3.49. The van der Waals surface area contributed by atoms with Crippen molar-refractivity contribution < 1.29 is 13.3 Å². The normalized spacial score (nSPS) is 18.0. The third kappa shape index (κ3) is 3.25. The molecule has 1 unspecified atom stereocenters. The van der Waals surface area contributed by atoms with Gasteiger partial charge in [0.05, 0.1) is 16.1 Å². The SMILES string of the molecule is CS(=O)(=O)c1ccc(N2CCCC2Cn2ccnc2)c([N+](=O)[O-])c1. The summed E-state index contributed by atoms with van der Waals surface area (Å²) in [4.78, 5) is 16.9. The molecule has 24 heavy (non-hydrogen) atoms. The molecule has 0 amide bonds. The second kappa shape index (κ2) is 6.23. The van der Waals surface area contributed by atoms with Gasteiger partial charge in [0.15, 0.2) is 9.84 Å². The van der Waals surface area contributed by atoms with Crippen molar-refractivity contribution in [1.82, 2.24) is 9.55 Å². The molecule has 2 aromatic rings. The molecule has 0 bridgehead atoms. The van der Waals surface area contributed by atoms with Crippen molar-refractivity contribution in [2.24, 2.45) is 0 Å². The average molecular weight is 350 g/mol. The summed E-state index contributed by atoms with van der Waals surface area (Å²) in [5.74, 6) is 0. The number of nitro groups is 1. The van der Waals surface area contributed by atoms with E-state index >= 15 is 0 Å². The summed E-state index contributed by atoms with van der Waals surface area (Å²) in [6.45, 7) is 1.39. The molecular weight excluding hydrogens is 332 g/mol. The topological polar surface area (TPSA) is 98.3 Å². The van der Waals surface area contributed by atoms with Crippen molar-refractivity contribution >= 4 is 21.2 Å². The number of nitrogens with zero attached hydrogens (tertiary/aromatic N) is 4. The minimum Gasteiger partial charge on any atom is -0.361 e. The summed E-state index contributed by atoms with van der Waals surface area (Å²) < 4.78 is 25.3. The van der Waals surface area contributed by atoms with Crippen LogP contribution in [0, 0.1) is 10.1 Å². The maximum Gasteiger partial charge on any atom is 0.293 e. The van der Waals surface area contributed by atoms with Gasteiger partial charge in [-0.15, -0.1) is 0 Å². The first-order chi connectivity index (χ1) is 11.4. The van der Waals surface area contributed by atoms with Crippen molar-refractivity contribution in [3.63, 3.8) is 0 Å². The Morgan fingerprint density at radius 3 is 2.83 bits per heavy atom. The van der Waals surface area contributed by atoms with Crippen molar-refractivity contribution in [3.05, 3.63) is 47.0 Å². The Balaban J connectivity index is 1.96. The lowest BCUT2D eigenvalue weighted by molar-refractivity contribution is -0.384. The van der Waals surface area contributed by atoms with Gasteiger partial charge in [-0.3, -0.25) is 10.1 Å². The number of sulfone groups is 1. The van der Waals surface area contributed by atoms with Crippen LogP contribution in [0.2, 0.25) is 0 Å². The monoisotopic (exact) mass is 350 g/mol. The van der Waals surface area contributed by atoms with Crippen molar-refractivity contribution in [1.29, 1.82) is 0 Å². The number of hydrogen-bond donors (Lipinski definition) is 0. The second-order valence-corrected chi connectivity index (χ2v) is 7.94. The van der Waals surface area contributed by atoms with Gasteiger partial charge in [0.1, 0.15) is 5.69 Å². The van der Waals surface area contributed by atoms with Gasteiger partial charge >= 0.3 is 0 Å². The zero-order valence-electron chi connectivity index (χ0n) is 13.2. The molecule has 0 spiro atoms. The summed E-state index contributed by atoms with van der Waals surface area (Å²) in [5.41, 5.74) is 0.297. The number of anilines is 1. The first-order valence-electron chi connectivity index (χ1n) is 7.57. The van der Waals surface area contributed by atoms with Crippen LogP contribution in [-0.4, -0.2) is 41.7 Å². The molecule has 0 N–H and O–H groups in total. The molecule has 0 saturated carbocycles. The molecule has 1 aliphatic rings. The number of aromatic nitrogens is 2. The van der Waals surface area contributed by atoms with Crippen LogP contribution in [0.15, 0.2) is 41.8 Å². The molecule has 1 aromatic heterocycles. The molecule has 0 radical (unpaired) electrons. The number of rotatable bonds is 5. The van der Waals surface area contributed by atoms with Crippen LogP contribution in [0.5, 0.6) is 0 Å². The summed E-state index contributed by atoms with van der Waals surface area (Å²) in [6, 6.07) is 4.24. The smallest absolute Gasteiger partial charge is 0.293 e. The Labute approximate surface area is 139 Å². The highest BCUT2D eigenvalue weighted by Crippen LogP contribution is 2.35. The Hall–Kier alpha value is -2.42. The van der Waals surface area contributed by atoms with Gasteiger partial charge in [-0.2, -0.15) is 0 Å². The van der Waals surface area contributed by atoms with Gasteiger partial charge in [0.25, 0.3) is 5.69 Å². The second-order valence-electron chi connectivity index (χ2n) is 5.93. The van der Waals surface area contributed by atoms with E-state index in [1.165, 1.54) is 6.07 Å². The van der Waals surface area contributed by atoms with E-state index < -0.39 is 14.8 Å². The quantitative estimate of drug-likeness (QED) is 0.603. The van der Waals surface area contributed by atoms with Gasteiger partial charge < -0.3 is 9.47 Å². The van der Waals surface area contributed by atoms with Crippen molar-refractivity contribution in [2.75, 3.05) is 17.7 Å². The fourth-order valence-electron chi connectivity index (χ4n) is 3.10. The van der Waals surface area contributed by atoms with E-state index in [9.17, 15) is 18.5 Å². The van der Waals surface area contributed by atoms with E-state index in [4.69, 9.17) is 0 Å². The predicted molar refractivity (Wildman–Crippen MR) is 88.8 cm³/mol. The number of imidazole rings is 1. The van der Waals surface area contributed by atoms with Crippen LogP contribution in [-0.2, 0) is 16.4 Å². The van der Waals surface area contributed by atoms with Crippen LogP contribution >= 0.6 is 0 Å². The van der Waals surface area contributed by atoms with E-state index in [-0.39, 0.29) is 16.6 Å². The first kappa shape index (κ1) is 16.4. The van der Waals surface area contributed by atoms with Crippen LogP contribution < -0.4 is 4.90 Å². The number of hydrogen-bond acceptors (Lipinski definition) is 6. The molecule has 1 atom stereocenters. The maximum absolute atomic E-state index is 11.7. The molecule has 1 aromatic carbocycles. The Kier molecular flexibility index (Phi) is 4.27. The highest BCUT2D eigenvalue weighted by molar-refractivity contribution is 7.90. The lowest BCUT2D eigenvalue weighted by atomic mass is 10.2. The highest BCUT2D eigenvalue weighted by atomic mass is 32.2. The predicted octanol–water partition coefficient (Wildman–Crippen LogP) is 1.86. The van der Waals surface area contributed by atoms with Crippen LogP contribution in [0.3, 0.4) is 0 Å². The highest BCUT2D eigenvalue weighted by Gasteiger charge is 2.30. The fourth-order valence-corrected chi connectivity index (χ4v) is 3.74. The number of nitro benzene ring substituents is 1. The molecule has 9 heteroatoms. The zero-order chi connectivity index (χ0) is 17.3. The van der Waals surface area contributed by atoms with Gasteiger partial charge in [-0.25, -0.2) is 13.4 Å². The molecule has 0 aliphatic carbocycles. The van der Waals surface area contributed by atoms with E-state index in [0.29, 0.717) is 18.8 Å². The maximum atomic E-state index is 11.7. The van der Waals surface area contributed by atoms with E-state index in [0.717, 1.165) is 25.2 Å². The van der Waals surface area contributed by atoms with Gasteiger partial charge in [0, 0.05) is 43.8 Å². The molecule has 128 valence electrons. The molecule has 1 fully saturated rings. The fraction of sp³-hybridized carbons (Fsp3) is 0.400. The Morgan fingerprint density at radius 1 is 1.42 bits per heavy atom. The molecule has 2 heterocycles.